The van der Waals surface area contributed by atoms with E-state index in [2.05, 4.69) is 165 Å². The van der Waals surface area contributed by atoms with Gasteiger partial charge in [-0.3, -0.25) is 19.4 Å². The monoisotopic (exact) mass is 1220 g/mol. The molecule has 5 N–H and O–H groups in total. The molecule has 1 aliphatic carbocycles. The maximum atomic E-state index is 14.9. The molecule has 2 aliphatic rings. The van der Waals surface area contributed by atoms with E-state index in [1.807, 2.05) is 12.1 Å². The van der Waals surface area contributed by atoms with Gasteiger partial charge in [0.25, 0.3) is 0 Å². The molecule has 1 aliphatic heterocycles. The molecule has 0 bridgehead atoms. The second-order valence-corrected chi connectivity index (χ2v) is 29.1. The molecule has 1 amide bonds. The molecule has 9 rings (SSSR count). The van der Waals surface area contributed by atoms with E-state index >= 15 is 0 Å². The quantitative estimate of drug-likeness (QED) is 0.0123. The van der Waals surface area contributed by atoms with Crippen molar-refractivity contribution in [3.63, 3.8) is 0 Å². The number of carbonyl (C=O) groups excluding carboxylic acids is 2. The zero-order valence-corrected chi connectivity index (χ0v) is 54.0. The summed E-state index contributed by atoms with van der Waals surface area (Å²) in [6.07, 6.45) is 8.92. The van der Waals surface area contributed by atoms with Crippen molar-refractivity contribution < 1.29 is 47.8 Å². The second kappa shape index (κ2) is 27.9. The van der Waals surface area contributed by atoms with E-state index in [1.165, 1.54) is 33.7 Å². The Hall–Kier alpha value is -7.86. The Morgan fingerprint density at radius 2 is 1.27 bits per heavy atom. The van der Waals surface area contributed by atoms with Crippen LogP contribution in [0.3, 0.4) is 0 Å². The first-order valence-corrected chi connectivity index (χ1v) is 33.4. The summed E-state index contributed by atoms with van der Waals surface area (Å²) in [6.45, 7) is 20.5. The topological polar surface area (TPSA) is 149 Å². The lowest BCUT2D eigenvalue weighted by atomic mass is 9.76. The van der Waals surface area contributed by atoms with E-state index in [4.69, 9.17) is 4.74 Å². The van der Waals surface area contributed by atoms with E-state index in [0.29, 0.717) is 80.7 Å². The fraction of sp³-hybridized carbons (Fsp3) is 0.292. The van der Waals surface area contributed by atoms with E-state index in [9.17, 15) is 38.5 Å². The van der Waals surface area contributed by atoms with Crippen LogP contribution >= 0.6 is 0 Å². The number of unbranched alkanes of at least 4 members (excludes halogenated alkanes) is 1. The first-order valence-electron chi connectivity index (χ1n) is 30.4. The first kappa shape index (κ1) is 65.6. The number of anilines is 1. The molecule has 12 nitrogen and oxygen atoms in total. The van der Waals surface area contributed by atoms with Crippen LogP contribution in [0.1, 0.15) is 78.5 Å². The number of Topliss-reactive ketones (excluding diaryl/α,β-unsaturated/α-hetero) is 1. The SMILES string of the molecule is C=C(C)C(=O)CCCCN(Cc1ccc(F)cc1B(O)O)Cc1c2ccccc2c(CN(CCCNC(=O)C(=C)C)Cc2ccc(F)cc2B(O)O)c2ccc(-c3cc(OC)c(C)c(C4=C5C=CC(=[N+](C)C)C=C5[Si](C)(C)c5cc(N(C)C)ccc54)c3)cc12. The number of halogens is 2. The lowest BCUT2D eigenvalue weighted by Gasteiger charge is -2.38. The van der Waals surface area contributed by atoms with Crippen LogP contribution in [0, 0.1) is 18.6 Å². The van der Waals surface area contributed by atoms with Crippen molar-refractivity contribution in [2.24, 2.45) is 0 Å². The van der Waals surface area contributed by atoms with Crippen LogP contribution < -0.4 is 31.1 Å². The van der Waals surface area contributed by atoms with Gasteiger partial charge >= 0.3 is 14.2 Å². The molecule has 0 aromatic heterocycles. The van der Waals surface area contributed by atoms with Crippen molar-refractivity contribution >= 4 is 88.6 Å². The summed E-state index contributed by atoms with van der Waals surface area (Å²) in [5.74, 6) is -0.729. The average Bonchev–Trinajstić information content (AvgIpc) is 0.767. The number of ketones is 1. The van der Waals surface area contributed by atoms with Gasteiger partial charge in [0, 0.05) is 83.2 Å². The third-order valence-electron chi connectivity index (χ3n) is 17.6. The first-order chi connectivity index (χ1) is 42.4. The minimum atomic E-state index is -2.31. The second-order valence-electron chi connectivity index (χ2n) is 24.8. The number of nitrogens with zero attached hydrogens (tertiary/aromatic N) is 4. The molecule has 0 saturated heterocycles. The summed E-state index contributed by atoms with van der Waals surface area (Å²) in [7, 11) is 3.87. The van der Waals surface area contributed by atoms with Crippen molar-refractivity contribution in [2.75, 3.05) is 59.8 Å². The summed E-state index contributed by atoms with van der Waals surface area (Å²) >= 11 is 0. The molecule has 17 heteroatoms. The normalized spacial score (nSPS) is 13.4. The molecule has 0 spiro atoms. The molecule has 0 saturated carbocycles. The maximum Gasteiger partial charge on any atom is 0.488 e. The summed E-state index contributed by atoms with van der Waals surface area (Å²) in [4.78, 5) is 32.1. The Labute approximate surface area is 524 Å². The predicted octanol–water partition coefficient (Wildman–Crippen LogP) is 9.56. The predicted molar refractivity (Wildman–Crippen MR) is 363 cm³/mol. The number of methoxy groups -OCH3 is 1. The Bertz CT molecular complexity index is 4080. The van der Waals surface area contributed by atoms with Gasteiger partial charge in [0.1, 0.15) is 39.6 Å². The van der Waals surface area contributed by atoms with Gasteiger partial charge in [-0.15, -0.1) is 0 Å². The summed E-state index contributed by atoms with van der Waals surface area (Å²) in [5, 5.41) is 51.8. The molecular weight excluding hydrogens is 1130 g/mol. The highest BCUT2D eigenvalue weighted by Crippen LogP contribution is 2.46. The van der Waals surface area contributed by atoms with Gasteiger partial charge in [-0.25, -0.2) is 13.4 Å². The lowest BCUT2D eigenvalue weighted by Crippen LogP contribution is -2.49. The maximum absolute atomic E-state index is 14.9. The number of allylic oxidation sites excluding steroid dienone is 6. The van der Waals surface area contributed by atoms with Crippen molar-refractivity contribution in [1.82, 2.24) is 15.1 Å². The third-order valence-corrected chi connectivity index (χ3v) is 21.1. The number of hydrogen-bond donors (Lipinski definition) is 5. The van der Waals surface area contributed by atoms with Crippen molar-refractivity contribution in [3.05, 3.63) is 213 Å². The van der Waals surface area contributed by atoms with Crippen LogP contribution in [0.15, 0.2) is 162 Å². The largest absolute Gasteiger partial charge is 0.496 e. The molecule has 0 unspecified atom stereocenters. The Morgan fingerprint density at radius 3 is 1.83 bits per heavy atom. The van der Waals surface area contributed by atoms with Gasteiger partial charge < -0.3 is 35.0 Å². The van der Waals surface area contributed by atoms with Crippen LogP contribution in [-0.2, 0) is 35.8 Å². The molecule has 0 atom stereocenters. The highest BCUT2D eigenvalue weighted by molar-refractivity contribution is 6.98. The number of amides is 1. The number of hydrogen-bond acceptors (Lipinski definition) is 10. The summed E-state index contributed by atoms with van der Waals surface area (Å²) in [6, 6.07) is 34.2. The number of ether oxygens (including phenoxy) is 1. The Balaban J connectivity index is 1.28. The van der Waals surface area contributed by atoms with Crippen molar-refractivity contribution in [2.45, 2.75) is 85.7 Å². The third kappa shape index (κ3) is 14.4. The molecule has 89 heavy (non-hydrogen) atoms. The highest BCUT2D eigenvalue weighted by atomic mass is 28.3. The zero-order chi connectivity index (χ0) is 64.2. The molecule has 460 valence electrons. The standard InChI is InChI=1S/C72H81B2F2N5O7Si/c1-45(2)67(82)20-15-16-32-80(41-49-21-24-52(75)37-65(49)73(84)85)44-64-57-19-14-13-18-56(57)63(43-81(33-17-31-77-72(83)46(3)4)42-50-22-25-53(76)38-66(50)74(86)87)58-28-23-48(34-62(58)64)51-35-61(47(5)68(36-51)88-10)71-59-29-26-54(78(6)7)39-69(59)89(11,12)70-40-55(79(8)9)27-30-60(70)71/h13-14,18-19,21-30,34-40,84-87H,1,3,15-17,20,31-33,41-44H2,2,4-12H3/p+1. The summed E-state index contributed by atoms with van der Waals surface area (Å²) in [5.41, 5.74) is 13.7. The van der Waals surface area contributed by atoms with Gasteiger partial charge in [-0.1, -0.05) is 80.8 Å². The van der Waals surface area contributed by atoms with Gasteiger partial charge in [-0.2, -0.15) is 0 Å². The zero-order valence-electron chi connectivity index (χ0n) is 53.0. The van der Waals surface area contributed by atoms with Gasteiger partial charge in [0.05, 0.1) is 7.11 Å². The van der Waals surface area contributed by atoms with Crippen molar-refractivity contribution in [1.29, 1.82) is 0 Å². The Kier molecular flexibility index (Phi) is 20.6. The molecule has 1 heterocycles. The van der Waals surface area contributed by atoms with E-state index < -0.39 is 33.9 Å². The Morgan fingerprint density at radius 1 is 0.674 bits per heavy atom. The van der Waals surface area contributed by atoms with Crippen LogP contribution in [0.5, 0.6) is 5.75 Å². The van der Waals surface area contributed by atoms with Gasteiger partial charge in [0.2, 0.25) is 5.91 Å². The molecule has 7 aromatic rings. The number of nitrogens with one attached hydrogen (secondary N) is 1. The molecular formula is C72H82B2F2N5O7Si+. The fourth-order valence-electron chi connectivity index (χ4n) is 12.6. The van der Waals surface area contributed by atoms with Crippen LogP contribution in [-0.4, -0.2) is 129 Å². The minimum Gasteiger partial charge on any atom is -0.496 e. The smallest absolute Gasteiger partial charge is 0.488 e. The lowest BCUT2D eigenvalue weighted by molar-refractivity contribution is -0.462. The van der Waals surface area contributed by atoms with Gasteiger partial charge in [0.15, 0.2) is 11.5 Å². The van der Waals surface area contributed by atoms with Crippen LogP contribution in [0.4, 0.5) is 14.5 Å². The van der Waals surface area contributed by atoms with Crippen LogP contribution in [0.25, 0.3) is 38.2 Å². The number of carbonyl (C=O) groups is 2. The van der Waals surface area contributed by atoms with E-state index in [1.54, 1.807) is 33.1 Å². The highest BCUT2D eigenvalue weighted by Gasteiger charge is 2.41. The molecule has 0 fully saturated rings. The van der Waals surface area contributed by atoms with Gasteiger partial charge in [-0.05, 0) is 217 Å². The number of rotatable bonds is 25. The van der Waals surface area contributed by atoms with Crippen LogP contribution in [0.2, 0.25) is 13.1 Å². The van der Waals surface area contributed by atoms with E-state index in [-0.39, 0.29) is 35.7 Å². The average molecular weight is 1220 g/mol. The number of benzene rings is 7. The molecule has 0 radical (unpaired) electrons. The fourth-order valence-corrected chi connectivity index (χ4v) is 15.7. The minimum absolute atomic E-state index is 0.0106. The van der Waals surface area contributed by atoms with E-state index in [0.717, 1.165) is 89.8 Å². The molecule has 7 aromatic carbocycles. The summed E-state index contributed by atoms with van der Waals surface area (Å²) < 4.78 is 38.2. The van der Waals surface area contributed by atoms with Crippen molar-refractivity contribution in [3.8, 4) is 16.9 Å². The number of fused-ring (bicyclic) bond motifs is 4.